The van der Waals surface area contributed by atoms with Crippen LogP contribution in [0.1, 0.15) is 38.5 Å². The molecule has 1 aromatic carbocycles. The van der Waals surface area contributed by atoms with Gasteiger partial charge in [0.2, 0.25) is 5.89 Å². The molecule has 4 heteroatoms. The van der Waals surface area contributed by atoms with Crippen molar-refractivity contribution in [2.24, 2.45) is 5.92 Å². The zero-order chi connectivity index (χ0) is 15.1. The molecule has 2 saturated carbocycles. The van der Waals surface area contributed by atoms with Crippen LogP contribution in [0.5, 0.6) is 0 Å². The van der Waals surface area contributed by atoms with Crippen molar-refractivity contribution < 1.29 is 8.81 Å². The number of benzene rings is 1. The SMILES string of the molecule is CC(C1CC1)N(Cc1ncc(-c2ccc(F)cc2)o1)C1CC1. The predicted molar refractivity (Wildman–Crippen MR) is 82.6 cm³/mol. The lowest BCUT2D eigenvalue weighted by atomic mass is 10.2. The maximum Gasteiger partial charge on any atom is 0.209 e. The summed E-state index contributed by atoms with van der Waals surface area (Å²) in [7, 11) is 0. The van der Waals surface area contributed by atoms with Gasteiger partial charge in [-0.1, -0.05) is 0 Å². The van der Waals surface area contributed by atoms with E-state index in [9.17, 15) is 4.39 Å². The standard InChI is InChI=1S/C18H21FN2O/c1-12(13-2-3-13)21(16-8-9-16)11-18-20-10-17(22-18)14-4-6-15(19)7-5-14/h4-7,10,12-13,16H,2-3,8-9,11H2,1H3. The van der Waals surface area contributed by atoms with Crippen LogP contribution in [0.4, 0.5) is 4.39 Å². The van der Waals surface area contributed by atoms with E-state index in [2.05, 4.69) is 16.8 Å². The second-order valence-corrected chi connectivity index (χ2v) is 6.61. The Morgan fingerprint density at radius 2 is 1.95 bits per heavy atom. The molecule has 0 aliphatic heterocycles. The summed E-state index contributed by atoms with van der Waals surface area (Å²) in [5.41, 5.74) is 0.869. The van der Waals surface area contributed by atoms with Gasteiger partial charge in [0.25, 0.3) is 0 Å². The molecule has 1 atom stereocenters. The molecule has 2 fully saturated rings. The topological polar surface area (TPSA) is 29.3 Å². The summed E-state index contributed by atoms with van der Waals surface area (Å²) in [5.74, 6) is 2.09. The first-order valence-electron chi connectivity index (χ1n) is 8.17. The van der Waals surface area contributed by atoms with E-state index in [-0.39, 0.29) is 5.82 Å². The third-order valence-electron chi connectivity index (χ3n) is 4.84. The summed E-state index contributed by atoms with van der Waals surface area (Å²) in [4.78, 5) is 6.98. The summed E-state index contributed by atoms with van der Waals surface area (Å²) >= 11 is 0. The molecule has 4 rings (SSSR count). The average Bonchev–Trinajstić information content (AvgIpc) is 3.43. The minimum absolute atomic E-state index is 0.235. The van der Waals surface area contributed by atoms with Crippen molar-refractivity contribution in [3.63, 3.8) is 0 Å². The lowest BCUT2D eigenvalue weighted by Crippen LogP contribution is -2.36. The molecule has 1 unspecified atom stereocenters. The van der Waals surface area contributed by atoms with Crippen LogP contribution >= 0.6 is 0 Å². The van der Waals surface area contributed by atoms with E-state index in [4.69, 9.17) is 4.42 Å². The first-order chi connectivity index (χ1) is 10.7. The molecule has 0 amide bonds. The van der Waals surface area contributed by atoms with Crippen LogP contribution in [0.25, 0.3) is 11.3 Å². The highest BCUT2D eigenvalue weighted by atomic mass is 19.1. The van der Waals surface area contributed by atoms with Gasteiger partial charge in [0.15, 0.2) is 5.76 Å². The Labute approximate surface area is 130 Å². The van der Waals surface area contributed by atoms with Gasteiger partial charge >= 0.3 is 0 Å². The van der Waals surface area contributed by atoms with Gasteiger partial charge in [0, 0.05) is 17.6 Å². The normalized spacial score (nSPS) is 19.6. The summed E-state index contributed by atoms with van der Waals surface area (Å²) in [6.45, 7) is 3.11. The second-order valence-electron chi connectivity index (χ2n) is 6.61. The molecule has 0 N–H and O–H groups in total. The fourth-order valence-corrected chi connectivity index (χ4v) is 3.15. The van der Waals surface area contributed by atoms with Crippen LogP contribution in [0.3, 0.4) is 0 Å². The van der Waals surface area contributed by atoms with Crippen molar-refractivity contribution in [3.05, 3.63) is 42.2 Å². The van der Waals surface area contributed by atoms with Gasteiger partial charge in [-0.05, 0) is 62.8 Å². The molecule has 0 bridgehead atoms. The third-order valence-corrected chi connectivity index (χ3v) is 4.84. The summed E-state index contributed by atoms with van der Waals surface area (Å²) in [6, 6.07) is 7.67. The molecule has 2 aliphatic rings. The molecule has 1 aromatic heterocycles. The van der Waals surface area contributed by atoms with Crippen molar-refractivity contribution in [1.82, 2.24) is 9.88 Å². The highest BCUT2D eigenvalue weighted by molar-refractivity contribution is 5.55. The van der Waals surface area contributed by atoms with Crippen molar-refractivity contribution in [2.75, 3.05) is 0 Å². The number of aromatic nitrogens is 1. The Kier molecular flexibility index (Phi) is 3.49. The van der Waals surface area contributed by atoms with Crippen molar-refractivity contribution in [3.8, 4) is 11.3 Å². The van der Waals surface area contributed by atoms with E-state index in [1.54, 1.807) is 18.3 Å². The predicted octanol–water partition coefficient (Wildman–Crippen LogP) is 4.24. The van der Waals surface area contributed by atoms with E-state index in [0.29, 0.717) is 17.8 Å². The Morgan fingerprint density at radius 3 is 2.59 bits per heavy atom. The maximum atomic E-state index is 13.0. The third kappa shape index (κ3) is 2.93. The second kappa shape index (κ2) is 5.51. The van der Waals surface area contributed by atoms with Crippen LogP contribution in [-0.4, -0.2) is 22.0 Å². The summed E-state index contributed by atoms with van der Waals surface area (Å²) in [5, 5.41) is 0. The zero-order valence-corrected chi connectivity index (χ0v) is 12.8. The van der Waals surface area contributed by atoms with Crippen molar-refractivity contribution >= 4 is 0 Å². The Morgan fingerprint density at radius 1 is 1.23 bits per heavy atom. The summed E-state index contributed by atoms with van der Waals surface area (Å²) in [6.07, 6.45) is 7.05. The molecule has 22 heavy (non-hydrogen) atoms. The van der Waals surface area contributed by atoms with Crippen molar-refractivity contribution in [2.45, 2.75) is 51.2 Å². The molecule has 2 aromatic rings. The highest BCUT2D eigenvalue weighted by Gasteiger charge is 2.39. The van der Waals surface area contributed by atoms with Gasteiger partial charge in [0.05, 0.1) is 12.7 Å². The first-order valence-corrected chi connectivity index (χ1v) is 8.17. The van der Waals surface area contributed by atoms with E-state index in [1.807, 2.05) is 0 Å². The van der Waals surface area contributed by atoms with Crippen LogP contribution < -0.4 is 0 Å². The van der Waals surface area contributed by atoms with Gasteiger partial charge in [-0.25, -0.2) is 9.37 Å². The number of oxazole rings is 1. The molecule has 2 aliphatic carbocycles. The molecule has 1 heterocycles. The average molecular weight is 300 g/mol. The number of rotatable bonds is 6. The monoisotopic (exact) mass is 300 g/mol. The van der Waals surface area contributed by atoms with Crippen molar-refractivity contribution in [1.29, 1.82) is 0 Å². The molecular weight excluding hydrogens is 279 g/mol. The molecule has 116 valence electrons. The van der Waals surface area contributed by atoms with E-state index < -0.39 is 0 Å². The Hall–Kier alpha value is -1.68. The van der Waals surface area contributed by atoms with E-state index in [1.165, 1.54) is 37.8 Å². The first kappa shape index (κ1) is 13.9. The quantitative estimate of drug-likeness (QED) is 0.799. The minimum atomic E-state index is -0.235. The van der Waals surface area contributed by atoms with Crippen LogP contribution in [0, 0.1) is 11.7 Å². The smallest absolute Gasteiger partial charge is 0.209 e. The summed E-state index contributed by atoms with van der Waals surface area (Å²) < 4.78 is 18.9. The van der Waals surface area contributed by atoms with Gasteiger partial charge in [-0.3, -0.25) is 4.90 Å². The van der Waals surface area contributed by atoms with Gasteiger partial charge in [-0.15, -0.1) is 0 Å². The molecule has 0 spiro atoms. The molecule has 0 saturated heterocycles. The van der Waals surface area contributed by atoms with E-state index >= 15 is 0 Å². The number of hydrogen-bond donors (Lipinski definition) is 0. The molecule has 0 radical (unpaired) electrons. The fraction of sp³-hybridized carbons (Fsp3) is 0.500. The Bertz CT molecular complexity index is 643. The van der Waals surface area contributed by atoms with Crippen LogP contribution in [0.15, 0.2) is 34.9 Å². The van der Waals surface area contributed by atoms with Gasteiger partial charge in [-0.2, -0.15) is 0 Å². The Balaban J connectivity index is 1.49. The van der Waals surface area contributed by atoms with E-state index in [0.717, 1.165) is 23.9 Å². The number of hydrogen-bond acceptors (Lipinski definition) is 3. The fourth-order valence-electron chi connectivity index (χ4n) is 3.15. The lowest BCUT2D eigenvalue weighted by molar-refractivity contribution is 0.155. The highest BCUT2D eigenvalue weighted by Crippen LogP contribution is 2.40. The van der Waals surface area contributed by atoms with Gasteiger partial charge in [0.1, 0.15) is 5.82 Å². The van der Waals surface area contributed by atoms with Crippen LogP contribution in [-0.2, 0) is 6.54 Å². The zero-order valence-electron chi connectivity index (χ0n) is 12.8. The lowest BCUT2D eigenvalue weighted by Gasteiger charge is -2.27. The van der Waals surface area contributed by atoms with Crippen LogP contribution in [0.2, 0.25) is 0 Å². The molecular formula is C18H21FN2O. The maximum absolute atomic E-state index is 13.0. The minimum Gasteiger partial charge on any atom is -0.439 e. The number of nitrogens with zero attached hydrogens (tertiary/aromatic N) is 2. The van der Waals surface area contributed by atoms with Gasteiger partial charge < -0.3 is 4.42 Å². The largest absolute Gasteiger partial charge is 0.439 e. The molecule has 3 nitrogen and oxygen atoms in total. The number of halogens is 1.